The number of imidazole rings is 1. The molecule has 13 heavy (non-hydrogen) atoms. The zero-order valence-corrected chi connectivity index (χ0v) is 7.05. The number of nitrogens with zero attached hydrogens (tertiary/aromatic N) is 5. The second kappa shape index (κ2) is 2.81. The molecule has 0 radical (unpaired) electrons. The summed E-state index contributed by atoms with van der Waals surface area (Å²) in [4.78, 5) is 15.6. The van der Waals surface area contributed by atoms with Gasteiger partial charge in [-0.2, -0.15) is 4.98 Å². The van der Waals surface area contributed by atoms with Crippen LogP contribution in [0.5, 0.6) is 0 Å². The Morgan fingerprint density at radius 3 is 2.85 bits per heavy atom. The van der Waals surface area contributed by atoms with Crippen LogP contribution < -0.4 is 5.73 Å². The quantitative estimate of drug-likeness (QED) is 0.653. The Bertz CT molecular complexity index is 420. The van der Waals surface area contributed by atoms with Gasteiger partial charge in [0.25, 0.3) is 0 Å². The van der Waals surface area contributed by atoms with Crippen LogP contribution in [0.25, 0.3) is 11.5 Å². The number of aromatic nitrogens is 5. The molecule has 2 heterocycles. The van der Waals surface area contributed by atoms with Crippen molar-refractivity contribution in [2.45, 2.75) is 0 Å². The summed E-state index contributed by atoms with van der Waals surface area (Å²) < 4.78 is 1.81. The van der Waals surface area contributed by atoms with Crippen molar-refractivity contribution in [3.8, 4) is 11.5 Å². The number of hydrogen-bond acceptors (Lipinski definition) is 5. The fourth-order valence-electron chi connectivity index (χ4n) is 1.01. The van der Waals surface area contributed by atoms with Gasteiger partial charge in [0.05, 0.1) is 12.5 Å². The molecule has 0 aliphatic rings. The lowest BCUT2D eigenvalue weighted by Gasteiger charge is -1.99. The van der Waals surface area contributed by atoms with E-state index in [0.29, 0.717) is 5.82 Å². The van der Waals surface area contributed by atoms with Gasteiger partial charge in [-0.1, -0.05) is 0 Å². The maximum absolute atomic E-state index is 5.42. The zero-order valence-electron chi connectivity index (χ0n) is 7.05. The van der Waals surface area contributed by atoms with Crippen LogP contribution in [-0.2, 0) is 7.05 Å². The summed E-state index contributed by atoms with van der Waals surface area (Å²) in [6.45, 7) is 0. The Hall–Kier alpha value is -1.98. The molecule has 66 valence electrons. The summed E-state index contributed by atoms with van der Waals surface area (Å²) in [5.74, 6) is 0.749. The van der Waals surface area contributed by atoms with Crippen LogP contribution >= 0.6 is 0 Å². The van der Waals surface area contributed by atoms with Crippen LogP contribution in [0, 0.1) is 0 Å². The predicted molar refractivity (Wildman–Crippen MR) is 46.4 cm³/mol. The molecule has 0 spiro atoms. The minimum absolute atomic E-state index is 0.214. The van der Waals surface area contributed by atoms with Crippen molar-refractivity contribution < 1.29 is 0 Å². The Kier molecular flexibility index (Phi) is 1.66. The highest BCUT2D eigenvalue weighted by Gasteiger charge is 2.05. The minimum atomic E-state index is 0.214. The van der Waals surface area contributed by atoms with E-state index in [2.05, 4.69) is 19.9 Å². The largest absolute Gasteiger partial charge is 0.368 e. The molecule has 2 aromatic heterocycles. The standard InChI is InChI=1S/C7H8N6/c1-13-4-9-2-5(13)6-10-3-11-7(8)12-6/h2-4H,1H3,(H2,8,10,11,12). The molecule has 0 atom stereocenters. The van der Waals surface area contributed by atoms with Gasteiger partial charge < -0.3 is 10.3 Å². The van der Waals surface area contributed by atoms with Gasteiger partial charge in [-0.15, -0.1) is 0 Å². The first-order chi connectivity index (χ1) is 6.27. The normalized spacial score (nSPS) is 10.2. The zero-order chi connectivity index (χ0) is 9.26. The van der Waals surface area contributed by atoms with Crippen molar-refractivity contribution in [3.63, 3.8) is 0 Å². The number of rotatable bonds is 1. The van der Waals surface area contributed by atoms with E-state index in [-0.39, 0.29) is 5.95 Å². The molecule has 0 saturated heterocycles. The van der Waals surface area contributed by atoms with Gasteiger partial charge in [-0.05, 0) is 0 Å². The minimum Gasteiger partial charge on any atom is -0.368 e. The van der Waals surface area contributed by atoms with Crippen LogP contribution in [0.1, 0.15) is 0 Å². The number of anilines is 1. The van der Waals surface area contributed by atoms with Gasteiger partial charge in [0, 0.05) is 7.05 Å². The Balaban J connectivity index is 2.53. The average molecular weight is 176 g/mol. The van der Waals surface area contributed by atoms with Crippen molar-refractivity contribution in [3.05, 3.63) is 18.9 Å². The smallest absolute Gasteiger partial charge is 0.223 e. The fraction of sp³-hybridized carbons (Fsp3) is 0.143. The molecule has 0 aromatic carbocycles. The van der Waals surface area contributed by atoms with E-state index in [4.69, 9.17) is 5.73 Å². The summed E-state index contributed by atoms with van der Waals surface area (Å²) in [5.41, 5.74) is 6.24. The molecule has 0 aliphatic heterocycles. The molecule has 0 aliphatic carbocycles. The lowest BCUT2D eigenvalue weighted by molar-refractivity contribution is 0.904. The Labute approximate surface area is 74.5 Å². The maximum Gasteiger partial charge on any atom is 0.223 e. The molecule has 6 heteroatoms. The summed E-state index contributed by atoms with van der Waals surface area (Å²) in [5, 5.41) is 0. The summed E-state index contributed by atoms with van der Waals surface area (Å²) in [7, 11) is 1.86. The van der Waals surface area contributed by atoms with Crippen molar-refractivity contribution in [2.75, 3.05) is 5.73 Å². The number of nitrogens with two attached hydrogens (primary N) is 1. The summed E-state index contributed by atoms with van der Waals surface area (Å²) in [6, 6.07) is 0. The van der Waals surface area contributed by atoms with Crippen LogP contribution in [-0.4, -0.2) is 24.5 Å². The molecule has 2 aromatic rings. The summed E-state index contributed by atoms with van der Waals surface area (Å²) >= 11 is 0. The van der Waals surface area contributed by atoms with Gasteiger partial charge in [0.15, 0.2) is 5.82 Å². The van der Waals surface area contributed by atoms with Crippen molar-refractivity contribution in [1.29, 1.82) is 0 Å². The van der Waals surface area contributed by atoms with E-state index in [1.54, 1.807) is 12.5 Å². The first kappa shape index (κ1) is 7.66. The van der Waals surface area contributed by atoms with Gasteiger partial charge in [-0.3, -0.25) is 0 Å². The fourth-order valence-corrected chi connectivity index (χ4v) is 1.01. The Morgan fingerprint density at radius 2 is 2.23 bits per heavy atom. The lowest BCUT2D eigenvalue weighted by Crippen LogP contribution is -2.00. The van der Waals surface area contributed by atoms with Gasteiger partial charge in [0.2, 0.25) is 5.95 Å². The van der Waals surface area contributed by atoms with E-state index in [1.165, 1.54) is 6.33 Å². The molecular formula is C7H8N6. The molecular weight excluding hydrogens is 168 g/mol. The maximum atomic E-state index is 5.42. The number of hydrogen-bond donors (Lipinski definition) is 1. The monoisotopic (exact) mass is 176 g/mol. The highest BCUT2D eigenvalue weighted by Crippen LogP contribution is 2.11. The number of nitrogen functional groups attached to an aromatic ring is 1. The summed E-state index contributed by atoms with van der Waals surface area (Å²) in [6.07, 6.45) is 4.73. The van der Waals surface area contributed by atoms with Crippen LogP contribution in [0.2, 0.25) is 0 Å². The van der Waals surface area contributed by atoms with E-state index < -0.39 is 0 Å². The molecule has 0 bridgehead atoms. The molecule has 2 N–H and O–H groups in total. The van der Waals surface area contributed by atoms with E-state index in [0.717, 1.165) is 5.69 Å². The first-order valence-electron chi connectivity index (χ1n) is 3.68. The van der Waals surface area contributed by atoms with Crippen molar-refractivity contribution in [1.82, 2.24) is 24.5 Å². The number of aryl methyl sites for hydroxylation is 1. The highest BCUT2D eigenvalue weighted by molar-refractivity contribution is 5.48. The highest BCUT2D eigenvalue weighted by atomic mass is 15.1. The first-order valence-corrected chi connectivity index (χ1v) is 3.68. The van der Waals surface area contributed by atoms with E-state index in [9.17, 15) is 0 Å². The third-order valence-electron chi connectivity index (χ3n) is 1.64. The Morgan fingerprint density at radius 1 is 1.38 bits per heavy atom. The van der Waals surface area contributed by atoms with E-state index in [1.807, 2.05) is 11.6 Å². The molecule has 0 unspecified atom stereocenters. The topological polar surface area (TPSA) is 82.5 Å². The average Bonchev–Trinajstić information content (AvgIpc) is 2.51. The third-order valence-corrected chi connectivity index (χ3v) is 1.64. The molecule has 0 saturated carbocycles. The van der Waals surface area contributed by atoms with Crippen molar-refractivity contribution in [2.24, 2.45) is 7.05 Å². The molecule has 2 rings (SSSR count). The second-order valence-electron chi connectivity index (χ2n) is 2.56. The van der Waals surface area contributed by atoms with Gasteiger partial charge >= 0.3 is 0 Å². The van der Waals surface area contributed by atoms with Crippen LogP contribution in [0.15, 0.2) is 18.9 Å². The van der Waals surface area contributed by atoms with Crippen molar-refractivity contribution >= 4 is 5.95 Å². The third kappa shape index (κ3) is 1.33. The van der Waals surface area contributed by atoms with Gasteiger partial charge in [0.1, 0.15) is 12.0 Å². The lowest BCUT2D eigenvalue weighted by atomic mass is 10.4. The van der Waals surface area contributed by atoms with Crippen LogP contribution in [0.3, 0.4) is 0 Å². The molecule has 0 fully saturated rings. The second-order valence-corrected chi connectivity index (χ2v) is 2.56. The predicted octanol–water partition coefficient (Wildman–Crippen LogP) is -0.146. The van der Waals surface area contributed by atoms with Gasteiger partial charge in [-0.25, -0.2) is 15.0 Å². The van der Waals surface area contributed by atoms with E-state index >= 15 is 0 Å². The molecule has 0 amide bonds. The SMILES string of the molecule is Cn1cncc1-c1ncnc(N)n1. The van der Waals surface area contributed by atoms with Crippen LogP contribution in [0.4, 0.5) is 5.95 Å². The molecule has 6 nitrogen and oxygen atoms in total.